The molecule has 1 amide bonds. The van der Waals surface area contributed by atoms with Crippen molar-refractivity contribution >= 4 is 5.91 Å². The Morgan fingerprint density at radius 2 is 2.00 bits per heavy atom. The van der Waals surface area contributed by atoms with E-state index in [0.717, 1.165) is 44.8 Å². The van der Waals surface area contributed by atoms with Gasteiger partial charge in [-0.1, -0.05) is 23.4 Å². The van der Waals surface area contributed by atoms with Crippen LogP contribution in [0.25, 0.3) is 5.69 Å². The van der Waals surface area contributed by atoms with Gasteiger partial charge in [-0.3, -0.25) is 4.79 Å². The molecule has 2 aliphatic rings. The Kier molecular flexibility index (Phi) is 5.26. The Morgan fingerprint density at radius 3 is 2.73 bits per heavy atom. The number of aromatic nitrogens is 3. The van der Waals surface area contributed by atoms with Gasteiger partial charge in [0, 0.05) is 32.3 Å². The highest BCUT2D eigenvalue weighted by Crippen LogP contribution is 2.17. The first kappa shape index (κ1) is 17.2. The Bertz CT molecular complexity index is 719. The number of nitrogens with one attached hydrogen (secondary N) is 1. The maximum Gasteiger partial charge on any atom is 0.273 e. The molecule has 2 saturated heterocycles. The Morgan fingerprint density at radius 1 is 1.19 bits per heavy atom. The van der Waals surface area contributed by atoms with Crippen molar-refractivity contribution in [1.82, 2.24) is 25.2 Å². The van der Waals surface area contributed by atoms with Crippen molar-refractivity contribution in [2.45, 2.75) is 37.8 Å². The monoisotopic (exact) mass is 355 g/mol. The minimum absolute atomic E-state index is 0.148. The van der Waals surface area contributed by atoms with Crippen LogP contribution in [-0.4, -0.2) is 64.2 Å². The molecule has 7 nitrogen and oxygen atoms in total. The highest BCUT2D eigenvalue weighted by molar-refractivity contribution is 5.92. The topological polar surface area (TPSA) is 72.3 Å². The van der Waals surface area contributed by atoms with E-state index in [1.807, 2.05) is 30.3 Å². The molecule has 7 heteroatoms. The van der Waals surface area contributed by atoms with Gasteiger partial charge in [0.2, 0.25) is 0 Å². The second-order valence-corrected chi connectivity index (χ2v) is 7.07. The van der Waals surface area contributed by atoms with Gasteiger partial charge in [-0.05, 0) is 37.8 Å². The van der Waals surface area contributed by atoms with E-state index in [9.17, 15) is 4.79 Å². The van der Waals surface area contributed by atoms with Crippen molar-refractivity contribution in [2.24, 2.45) is 0 Å². The highest BCUT2D eigenvalue weighted by Gasteiger charge is 2.25. The number of carbonyl (C=O) groups is 1. The van der Waals surface area contributed by atoms with Gasteiger partial charge in [-0.25, -0.2) is 4.68 Å². The summed E-state index contributed by atoms with van der Waals surface area (Å²) in [6.07, 6.45) is 6.36. The number of hydrogen-bond donors (Lipinski definition) is 1. The van der Waals surface area contributed by atoms with E-state index in [2.05, 4.69) is 20.5 Å². The zero-order valence-electron chi connectivity index (χ0n) is 14.9. The minimum atomic E-state index is -0.148. The zero-order chi connectivity index (χ0) is 17.8. The molecule has 2 fully saturated rings. The average molecular weight is 355 g/mol. The van der Waals surface area contributed by atoms with Gasteiger partial charge in [-0.15, -0.1) is 5.10 Å². The molecule has 1 aromatic heterocycles. The van der Waals surface area contributed by atoms with Crippen LogP contribution < -0.4 is 5.32 Å². The predicted octanol–water partition coefficient (Wildman–Crippen LogP) is 1.64. The van der Waals surface area contributed by atoms with E-state index in [0.29, 0.717) is 11.8 Å². The third-order valence-electron chi connectivity index (χ3n) is 5.16. The zero-order valence-corrected chi connectivity index (χ0v) is 14.9. The molecule has 1 N–H and O–H groups in total. The first-order valence-corrected chi connectivity index (χ1v) is 9.40. The molecule has 0 radical (unpaired) electrons. The largest absolute Gasteiger partial charge is 0.377 e. The molecule has 0 aliphatic carbocycles. The van der Waals surface area contributed by atoms with E-state index in [-0.39, 0.29) is 11.9 Å². The number of carbonyl (C=O) groups excluding carboxylic acids is 1. The number of piperidine rings is 1. The lowest BCUT2D eigenvalue weighted by atomic mass is 10.0. The molecule has 3 heterocycles. The number of ether oxygens (including phenoxy) is 1. The van der Waals surface area contributed by atoms with Crippen molar-refractivity contribution in [3.63, 3.8) is 0 Å². The van der Waals surface area contributed by atoms with Gasteiger partial charge in [0.1, 0.15) is 0 Å². The van der Waals surface area contributed by atoms with E-state index in [1.54, 1.807) is 10.9 Å². The fourth-order valence-electron chi connectivity index (χ4n) is 3.67. The molecule has 2 aliphatic heterocycles. The number of benzene rings is 1. The van der Waals surface area contributed by atoms with Gasteiger partial charge >= 0.3 is 0 Å². The van der Waals surface area contributed by atoms with Crippen LogP contribution in [0.15, 0.2) is 36.5 Å². The molecule has 1 atom stereocenters. The Labute approximate surface area is 153 Å². The molecule has 1 aromatic carbocycles. The summed E-state index contributed by atoms with van der Waals surface area (Å²) in [7, 11) is 0. The fraction of sp³-hybridized carbons (Fsp3) is 0.526. The highest BCUT2D eigenvalue weighted by atomic mass is 16.5. The molecule has 0 saturated carbocycles. The van der Waals surface area contributed by atoms with Crippen molar-refractivity contribution in [3.05, 3.63) is 42.2 Å². The van der Waals surface area contributed by atoms with Gasteiger partial charge in [-0.2, -0.15) is 0 Å². The second-order valence-electron chi connectivity index (χ2n) is 7.07. The van der Waals surface area contributed by atoms with Crippen molar-refractivity contribution in [3.8, 4) is 5.69 Å². The van der Waals surface area contributed by atoms with Gasteiger partial charge < -0.3 is 15.0 Å². The number of likely N-dealkylation sites (tertiary alicyclic amines) is 1. The van der Waals surface area contributed by atoms with Crippen molar-refractivity contribution < 1.29 is 9.53 Å². The fourth-order valence-corrected chi connectivity index (χ4v) is 3.67. The van der Waals surface area contributed by atoms with Crippen LogP contribution >= 0.6 is 0 Å². The molecule has 138 valence electrons. The summed E-state index contributed by atoms with van der Waals surface area (Å²) in [5.41, 5.74) is 1.25. The van der Waals surface area contributed by atoms with E-state index in [1.165, 1.54) is 12.8 Å². The maximum atomic E-state index is 12.5. The lowest BCUT2D eigenvalue weighted by molar-refractivity contribution is 0.0612. The SMILES string of the molecule is O=C(NC1CCN(C[C@@H]2CCCO2)CC1)c1cn(-c2ccccc2)nn1. The summed E-state index contributed by atoms with van der Waals surface area (Å²) in [5, 5.41) is 11.2. The Hall–Kier alpha value is -2.25. The number of para-hydroxylation sites is 1. The average Bonchev–Trinajstić information content (AvgIpc) is 3.36. The summed E-state index contributed by atoms with van der Waals surface area (Å²) in [4.78, 5) is 14.9. The third-order valence-corrected chi connectivity index (χ3v) is 5.16. The lowest BCUT2D eigenvalue weighted by Gasteiger charge is -2.33. The van der Waals surface area contributed by atoms with Crippen molar-refractivity contribution in [2.75, 3.05) is 26.2 Å². The second kappa shape index (κ2) is 7.97. The lowest BCUT2D eigenvalue weighted by Crippen LogP contribution is -2.46. The standard InChI is InChI=1S/C19H25N5O2/c25-19(18-14-24(22-21-18)16-5-2-1-3-6-16)20-15-8-10-23(11-9-15)13-17-7-4-12-26-17/h1-3,5-6,14-15,17H,4,7-13H2,(H,20,25)/t17-/m0/s1. The first-order chi connectivity index (χ1) is 12.8. The molecule has 0 bridgehead atoms. The van der Waals surface area contributed by atoms with Crippen LogP contribution in [0.2, 0.25) is 0 Å². The molecule has 2 aromatic rings. The van der Waals surface area contributed by atoms with Crippen LogP contribution in [0.3, 0.4) is 0 Å². The normalized spacial score (nSPS) is 21.8. The van der Waals surface area contributed by atoms with Crippen LogP contribution in [0.4, 0.5) is 0 Å². The number of hydrogen-bond acceptors (Lipinski definition) is 5. The van der Waals surface area contributed by atoms with E-state index in [4.69, 9.17) is 4.74 Å². The summed E-state index contributed by atoms with van der Waals surface area (Å²) in [6.45, 7) is 3.93. The molecular weight excluding hydrogens is 330 g/mol. The molecule has 4 rings (SSSR count). The number of rotatable bonds is 5. The smallest absolute Gasteiger partial charge is 0.273 e. The molecular formula is C19H25N5O2. The maximum absolute atomic E-state index is 12.5. The van der Waals surface area contributed by atoms with Gasteiger partial charge in [0.15, 0.2) is 5.69 Å². The summed E-state index contributed by atoms with van der Waals surface area (Å²) in [5.74, 6) is -0.148. The van der Waals surface area contributed by atoms with Crippen LogP contribution in [0.5, 0.6) is 0 Å². The first-order valence-electron chi connectivity index (χ1n) is 9.40. The van der Waals surface area contributed by atoms with Crippen molar-refractivity contribution in [1.29, 1.82) is 0 Å². The quantitative estimate of drug-likeness (QED) is 0.883. The van der Waals surface area contributed by atoms with E-state index >= 15 is 0 Å². The number of amides is 1. The van der Waals surface area contributed by atoms with Gasteiger partial charge in [0.05, 0.1) is 18.0 Å². The van der Waals surface area contributed by atoms with E-state index < -0.39 is 0 Å². The molecule has 26 heavy (non-hydrogen) atoms. The molecule has 0 spiro atoms. The summed E-state index contributed by atoms with van der Waals surface area (Å²) < 4.78 is 7.34. The minimum Gasteiger partial charge on any atom is -0.377 e. The third kappa shape index (κ3) is 4.11. The van der Waals surface area contributed by atoms with Crippen LogP contribution in [0.1, 0.15) is 36.2 Å². The number of nitrogens with zero attached hydrogens (tertiary/aromatic N) is 4. The van der Waals surface area contributed by atoms with Crippen LogP contribution in [0, 0.1) is 0 Å². The summed E-state index contributed by atoms with van der Waals surface area (Å²) >= 11 is 0. The molecule has 0 unspecified atom stereocenters. The Balaban J connectivity index is 1.27. The predicted molar refractivity (Wildman–Crippen MR) is 97.3 cm³/mol. The summed E-state index contributed by atoms with van der Waals surface area (Å²) in [6, 6.07) is 9.87. The van der Waals surface area contributed by atoms with Gasteiger partial charge in [0.25, 0.3) is 5.91 Å². The van der Waals surface area contributed by atoms with Crippen LogP contribution in [-0.2, 0) is 4.74 Å².